The van der Waals surface area contributed by atoms with Gasteiger partial charge in [-0.25, -0.2) is 0 Å². The van der Waals surface area contributed by atoms with Crippen LogP contribution in [0, 0.1) is 0 Å². The highest BCUT2D eigenvalue weighted by atomic mass is 32.2. The highest BCUT2D eigenvalue weighted by Crippen LogP contribution is 2.66. The summed E-state index contributed by atoms with van der Waals surface area (Å²) >= 11 is 7.65. The smallest absolute Gasteiger partial charge is 0.0707 e. The van der Waals surface area contributed by atoms with Gasteiger partial charge < -0.3 is 9.80 Å². The van der Waals surface area contributed by atoms with Gasteiger partial charge in [0.15, 0.2) is 0 Å². The first-order valence-corrected chi connectivity index (χ1v) is 16.3. The van der Waals surface area contributed by atoms with Crippen molar-refractivity contribution in [3.8, 4) is 0 Å². The third kappa shape index (κ3) is 5.64. The van der Waals surface area contributed by atoms with Crippen LogP contribution in [0.3, 0.4) is 0 Å². The largest absolute Gasteiger partial charge is 0.378 e. The fourth-order valence-electron chi connectivity index (χ4n) is 4.53. The molecule has 2 aliphatic rings. The molecule has 4 aromatic carbocycles. The van der Waals surface area contributed by atoms with Crippen LogP contribution in [0.5, 0.6) is 0 Å². The third-order valence-corrected chi connectivity index (χ3v) is 12.6. The molecule has 2 heterocycles. The van der Waals surface area contributed by atoms with Crippen molar-refractivity contribution in [2.45, 2.75) is 0 Å². The van der Waals surface area contributed by atoms with Crippen molar-refractivity contribution >= 4 is 78.0 Å². The van der Waals surface area contributed by atoms with Crippen LogP contribution in [0.15, 0.2) is 118 Å². The summed E-state index contributed by atoms with van der Waals surface area (Å²) in [5, 5.41) is 0. The van der Waals surface area contributed by atoms with Crippen LogP contribution in [-0.4, -0.2) is 28.2 Å². The van der Waals surface area contributed by atoms with Crippen LogP contribution < -0.4 is 9.80 Å². The maximum atomic E-state index is 2.26. The monoisotopic (exact) mass is 594 g/mol. The molecule has 0 radical (unpaired) electrons. The molecule has 0 fully saturated rings. The van der Waals surface area contributed by atoms with Crippen LogP contribution in [0.25, 0.3) is 19.6 Å². The van der Waals surface area contributed by atoms with Crippen LogP contribution in [0.4, 0.5) is 11.4 Å². The second-order valence-electron chi connectivity index (χ2n) is 9.91. The fourth-order valence-corrected chi connectivity index (χ4v) is 10.3. The van der Waals surface area contributed by atoms with E-state index in [9.17, 15) is 0 Å². The molecule has 0 spiro atoms. The third-order valence-electron chi connectivity index (χ3n) is 6.72. The molecule has 0 amide bonds. The van der Waals surface area contributed by atoms with Gasteiger partial charge in [0.05, 0.1) is 8.47 Å². The molecule has 4 aromatic rings. The summed E-state index contributed by atoms with van der Waals surface area (Å²) in [6, 6.07) is 39.5. The molecule has 6 rings (SSSR count). The fraction of sp³-hybridized carbons (Fsp3) is 0.118. The molecule has 2 aliphatic heterocycles. The highest BCUT2D eigenvalue weighted by Gasteiger charge is 2.32. The maximum Gasteiger partial charge on any atom is 0.0707 e. The number of rotatable bonds is 6. The number of benzene rings is 4. The van der Waals surface area contributed by atoms with E-state index in [1.807, 2.05) is 47.0 Å². The predicted molar refractivity (Wildman–Crippen MR) is 185 cm³/mol. The summed E-state index contributed by atoms with van der Waals surface area (Å²) in [4.78, 5) is 9.62. The van der Waals surface area contributed by atoms with Crippen LogP contribution in [0.2, 0.25) is 0 Å². The molecule has 0 aliphatic carbocycles. The predicted octanol–water partition coefficient (Wildman–Crippen LogP) is 10.3. The normalized spacial score (nSPS) is 15.3. The molecule has 0 atom stereocenters. The molecule has 0 unspecified atom stereocenters. The lowest BCUT2D eigenvalue weighted by Crippen LogP contribution is -2.08. The molecule has 200 valence electrons. The van der Waals surface area contributed by atoms with E-state index in [2.05, 4.69) is 147 Å². The number of hydrogen-bond donors (Lipinski definition) is 0. The van der Waals surface area contributed by atoms with E-state index in [0.717, 1.165) is 0 Å². The molecule has 2 nitrogen and oxygen atoms in total. The lowest BCUT2D eigenvalue weighted by molar-refractivity contribution is 1.13. The van der Waals surface area contributed by atoms with Gasteiger partial charge in [-0.15, -0.1) is 0 Å². The highest BCUT2D eigenvalue weighted by molar-refractivity contribution is 8.39. The molecule has 6 heteroatoms. The average Bonchev–Trinajstić information content (AvgIpc) is 3.64. The summed E-state index contributed by atoms with van der Waals surface area (Å²) < 4.78 is 2.71. The van der Waals surface area contributed by atoms with Crippen molar-refractivity contribution in [3.63, 3.8) is 0 Å². The van der Waals surface area contributed by atoms with E-state index in [4.69, 9.17) is 0 Å². The van der Waals surface area contributed by atoms with Crippen LogP contribution >= 0.6 is 47.0 Å². The summed E-state index contributed by atoms with van der Waals surface area (Å²) in [5.74, 6) is 0. The van der Waals surface area contributed by atoms with Crippen LogP contribution in [-0.2, 0) is 0 Å². The Morgan fingerprint density at radius 3 is 0.900 bits per heavy atom. The van der Waals surface area contributed by atoms with Crippen molar-refractivity contribution in [2.75, 3.05) is 38.0 Å². The summed E-state index contributed by atoms with van der Waals surface area (Å²) in [5.41, 5.74) is 7.49. The number of anilines is 2. The minimum absolute atomic E-state index is 1.21. The number of thioether (sulfide) groups is 4. The van der Waals surface area contributed by atoms with Crippen molar-refractivity contribution in [2.24, 2.45) is 0 Å². The second-order valence-corrected chi connectivity index (χ2v) is 14.5. The SMILES string of the molecule is CN(C)c1ccc(C2=C(c3ccc(N(C)C)cc3)SC(=C3SC(c4ccccc4)=C(c4ccccc4)S3)S2)cc1. The quantitative estimate of drug-likeness (QED) is 0.218. The Morgan fingerprint density at radius 2 is 0.625 bits per heavy atom. The molecule has 0 aromatic heterocycles. The van der Waals surface area contributed by atoms with Gasteiger partial charge in [0.2, 0.25) is 0 Å². The maximum absolute atomic E-state index is 2.26. The first-order chi connectivity index (χ1) is 19.5. The topological polar surface area (TPSA) is 6.48 Å². The molecule has 0 saturated carbocycles. The Labute approximate surface area is 254 Å². The van der Waals surface area contributed by atoms with Gasteiger partial charge in [-0.05, 0) is 46.5 Å². The Bertz CT molecular complexity index is 1480. The second kappa shape index (κ2) is 11.9. The zero-order valence-corrected chi connectivity index (χ0v) is 26.2. The van der Waals surface area contributed by atoms with Crippen molar-refractivity contribution in [1.29, 1.82) is 0 Å². The van der Waals surface area contributed by atoms with Gasteiger partial charge in [-0.3, -0.25) is 0 Å². The van der Waals surface area contributed by atoms with Crippen molar-refractivity contribution in [1.82, 2.24) is 0 Å². The lowest BCUT2D eigenvalue weighted by Gasteiger charge is -2.14. The van der Waals surface area contributed by atoms with Crippen molar-refractivity contribution < 1.29 is 0 Å². The molecule has 0 N–H and O–H groups in total. The van der Waals surface area contributed by atoms with E-state index in [1.165, 1.54) is 61.7 Å². The zero-order valence-electron chi connectivity index (χ0n) is 22.9. The number of nitrogens with zero attached hydrogens (tertiary/aromatic N) is 2. The first-order valence-electron chi connectivity index (χ1n) is 13.1. The molecule has 0 saturated heterocycles. The van der Waals surface area contributed by atoms with Crippen molar-refractivity contribution in [3.05, 3.63) is 140 Å². The minimum Gasteiger partial charge on any atom is -0.378 e. The van der Waals surface area contributed by atoms with Gasteiger partial charge in [0.25, 0.3) is 0 Å². The summed E-state index contributed by atoms with van der Waals surface area (Å²) in [6.07, 6.45) is 0. The molecule has 0 bridgehead atoms. The van der Waals surface area contributed by atoms with E-state index in [1.54, 1.807) is 0 Å². The first kappa shape index (κ1) is 27.3. The summed E-state index contributed by atoms with van der Waals surface area (Å²) in [7, 11) is 8.35. The summed E-state index contributed by atoms with van der Waals surface area (Å²) in [6.45, 7) is 0. The van der Waals surface area contributed by atoms with E-state index in [0.29, 0.717) is 0 Å². The Morgan fingerprint density at radius 1 is 0.350 bits per heavy atom. The Hall–Kier alpha value is -2.90. The molecular formula is C34H30N2S4. The molecule has 40 heavy (non-hydrogen) atoms. The van der Waals surface area contributed by atoms with Gasteiger partial charge in [-0.1, -0.05) is 132 Å². The number of hydrogen-bond acceptors (Lipinski definition) is 6. The van der Waals surface area contributed by atoms with Crippen LogP contribution in [0.1, 0.15) is 22.3 Å². The van der Waals surface area contributed by atoms with Gasteiger partial charge in [0, 0.05) is 59.2 Å². The standard InChI is InChI=1S/C34H30N2S4/c1-35(2)27-19-15-25(16-20-27)31-32(26-17-21-28(22-18-26)36(3)4)40-34(39-31)33-37-29(23-11-7-5-8-12-23)30(38-33)24-13-9-6-10-14-24/h5-22H,1-4H3. The zero-order chi connectivity index (χ0) is 27.6. The van der Waals surface area contributed by atoms with E-state index in [-0.39, 0.29) is 0 Å². The van der Waals surface area contributed by atoms with Gasteiger partial charge in [-0.2, -0.15) is 0 Å². The van der Waals surface area contributed by atoms with Gasteiger partial charge >= 0.3 is 0 Å². The minimum atomic E-state index is 1.21. The lowest BCUT2D eigenvalue weighted by atomic mass is 10.1. The van der Waals surface area contributed by atoms with Gasteiger partial charge in [0.1, 0.15) is 0 Å². The average molecular weight is 595 g/mol. The molecular weight excluding hydrogens is 565 g/mol. The Kier molecular flexibility index (Phi) is 8.12. The van der Waals surface area contributed by atoms with E-state index < -0.39 is 0 Å². The Balaban J connectivity index is 1.40. The van der Waals surface area contributed by atoms with E-state index >= 15 is 0 Å².